The Balaban J connectivity index is 2.45. The van der Waals surface area contributed by atoms with Crippen molar-refractivity contribution in [1.82, 2.24) is 9.55 Å². The minimum atomic E-state index is 0.728. The lowest BCUT2D eigenvalue weighted by Gasteiger charge is -2.05. The summed E-state index contributed by atoms with van der Waals surface area (Å²) in [4.78, 5) is 4.38. The van der Waals surface area contributed by atoms with Crippen molar-refractivity contribution in [2.45, 2.75) is 19.9 Å². The summed E-state index contributed by atoms with van der Waals surface area (Å²) in [5.74, 6) is 0. The van der Waals surface area contributed by atoms with Crippen LogP contribution in [0.25, 0.3) is 11.0 Å². The molecular weight excluding hydrogens is 174 g/mol. The van der Waals surface area contributed by atoms with Gasteiger partial charge in [-0.2, -0.15) is 0 Å². The molecule has 0 spiro atoms. The van der Waals surface area contributed by atoms with Crippen LogP contribution in [0.15, 0.2) is 24.4 Å². The molecule has 14 heavy (non-hydrogen) atoms. The standard InChI is InChI=1S/C11H15N3/c1-9-8-10-4-2-6-13-11(10)14(9)7-3-5-12/h2,4,6,8H,3,5,7,12H2,1H3. The second-order valence-corrected chi connectivity index (χ2v) is 3.50. The Morgan fingerprint density at radius 2 is 2.36 bits per heavy atom. The van der Waals surface area contributed by atoms with Gasteiger partial charge in [-0.3, -0.25) is 0 Å². The molecule has 3 heteroatoms. The fraction of sp³-hybridized carbons (Fsp3) is 0.364. The van der Waals surface area contributed by atoms with Gasteiger partial charge in [0.05, 0.1) is 0 Å². The molecule has 2 aromatic rings. The summed E-state index contributed by atoms with van der Waals surface area (Å²) >= 11 is 0. The molecule has 2 aromatic heterocycles. The van der Waals surface area contributed by atoms with Crippen molar-refractivity contribution in [3.63, 3.8) is 0 Å². The second kappa shape index (κ2) is 3.80. The first kappa shape index (κ1) is 9.21. The first-order chi connectivity index (χ1) is 6.83. The molecule has 0 aliphatic heterocycles. The number of hydrogen-bond acceptors (Lipinski definition) is 2. The van der Waals surface area contributed by atoms with Gasteiger partial charge < -0.3 is 10.3 Å². The van der Waals surface area contributed by atoms with Gasteiger partial charge in [0.15, 0.2) is 0 Å². The van der Waals surface area contributed by atoms with E-state index < -0.39 is 0 Å². The summed E-state index contributed by atoms with van der Waals surface area (Å²) in [6, 6.07) is 6.22. The highest BCUT2D eigenvalue weighted by Gasteiger charge is 2.04. The maximum Gasteiger partial charge on any atom is 0.140 e. The maximum absolute atomic E-state index is 5.51. The molecule has 0 aliphatic rings. The average Bonchev–Trinajstić information content (AvgIpc) is 2.51. The molecule has 74 valence electrons. The Kier molecular flexibility index (Phi) is 2.50. The van der Waals surface area contributed by atoms with Crippen LogP contribution in [0.3, 0.4) is 0 Å². The van der Waals surface area contributed by atoms with E-state index in [2.05, 4.69) is 28.6 Å². The molecule has 0 aromatic carbocycles. The van der Waals surface area contributed by atoms with Crippen LogP contribution >= 0.6 is 0 Å². The quantitative estimate of drug-likeness (QED) is 0.798. The van der Waals surface area contributed by atoms with Crippen LogP contribution in [0.1, 0.15) is 12.1 Å². The largest absolute Gasteiger partial charge is 0.330 e. The van der Waals surface area contributed by atoms with Crippen molar-refractivity contribution in [2.75, 3.05) is 6.54 Å². The molecule has 2 heterocycles. The highest BCUT2D eigenvalue weighted by molar-refractivity contribution is 5.77. The molecular formula is C11H15N3. The molecule has 0 aliphatic carbocycles. The van der Waals surface area contributed by atoms with E-state index in [1.165, 1.54) is 11.1 Å². The molecule has 0 atom stereocenters. The molecule has 0 saturated carbocycles. The third-order valence-electron chi connectivity index (χ3n) is 2.45. The van der Waals surface area contributed by atoms with E-state index in [1.54, 1.807) is 0 Å². The Morgan fingerprint density at radius 3 is 3.14 bits per heavy atom. The number of aromatic nitrogens is 2. The SMILES string of the molecule is Cc1cc2cccnc2n1CCCN. The highest BCUT2D eigenvalue weighted by Crippen LogP contribution is 2.16. The zero-order valence-corrected chi connectivity index (χ0v) is 8.40. The van der Waals surface area contributed by atoms with E-state index >= 15 is 0 Å². The zero-order chi connectivity index (χ0) is 9.97. The summed E-state index contributed by atoms with van der Waals surface area (Å²) in [5, 5.41) is 1.21. The minimum absolute atomic E-state index is 0.728. The highest BCUT2D eigenvalue weighted by atomic mass is 15.0. The average molecular weight is 189 g/mol. The topological polar surface area (TPSA) is 43.8 Å². The summed E-state index contributed by atoms with van der Waals surface area (Å²) in [7, 11) is 0. The van der Waals surface area contributed by atoms with Crippen molar-refractivity contribution in [3.8, 4) is 0 Å². The van der Waals surface area contributed by atoms with Crippen LogP contribution in [0.2, 0.25) is 0 Å². The summed E-state index contributed by atoms with van der Waals surface area (Å²) < 4.78 is 2.22. The molecule has 2 rings (SSSR count). The Labute approximate surface area is 83.6 Å². The van der Waals surface area contributed by atoms with Gasteiger partial charge in [-0.15, -0.1) is 0 Å². The van der Waals surface area contributed by atoms with Crippen LogP contribution < -0.4 is 5.73 Å². The fourth-order valence-electron chi connectivity index (χ4n) is 1.75. The molecule has 2 N–H and O–H groups in total. The van der Waals surface area contributed by atoms with Gasteiger partial charge in [0, 0.05) is 23.8 Å². The van der Waals surface area contributed by atoms with Crippen LogP contribution in [-0.4, -0.2) is 16.1 Å². The zero-order valence-electron chi connectivity index (χ0n) is 8.40. The molecule has 0 radical (unpaired) electrons. The van der Waals surface area contributed by atoms with E-state index in [4.69, 9.17) is 5.73 Å². The van der Waals surface area contributed by atoms with E-state index in [-0.39, 0.29) is 0 Å². The van der Waals surface area contributed by atoms with Crippen LogP contribution in [0.5, 0.6) is 0 Å². The van der Waals surface area contributed by atoms with Crippen molar-refractivity contribution in [1.29, 1.82) is 0 Å². The third kappa shape index (κ3) is 1.51. The van der Waals surface area contributed by atoms with E-state index in [1.807, 2.05) is 12.3 Å². The lowest BCUT2D eigenvalue weighted by Crippen LogP contribution is -2.07. The summed E-state index contributed by atoms with van der Waals surface area (Å²) in [6.07, 6.45) is 2.84. The normalized spacial score (nSPS) is 11.0. The van der Waals surface area contributed by atoms with Gasteiger partial charge >= 0.3 is 0 Å². The van der Waals surface area contributed by atoms with Gasteiger partial charge in [-0.1, -0.05) is 0 Å². The number of nitrogens with zero attached hydrogens (tertiary/aromatic N) is 2. The summed E-state index contributed by atoms with van der Waals surface area (Å²) in [5.41, 5.74) is 7.83. The smallest absolute Gasteiger partial charge is 0.140 e. The first-order valence-electron chi connectivity index (χ1n) is 4.94. The predicted octanol–water partition coefficient (Wildman–Crippen LogP) is 1.69. The van der Waals surface area contributed by atoms with Crippen LogP contribution in [-0.2, 0) is 6.54 Å². The number of aryl methyl sites for hydroxylation is 2. The van der Waals surface area contributed by atoms with E-state index in [9.17, 15) is 0 Å². The third-order valence-corrected chi connectivity index (χ3v) is 2.45. The number of fused-ring (bicyclic) bond motifs is 1. The number of hydrogen-bond donors (Lipinski definition) is 1. The maximum atomic E-state index is 5.51. The Morgan fingerprint density at radius 1 is 1.50 bits per heavy atom. The van der Waals surface area contributed by atoms with Crippen LogP contribution in [0.4, 0.5) is 0 Å². The van der Waals surface area contributed by atoms with E-state index in [0.717, 1.165) is 25.2 Å². The Hall–Kier alpha value is -1.35. The van der Waals surface area contributed by atoms with Gasteiger partial charge in [-0.25, -0.2) is 4.98 Å². The van der Waals surface area contributed by atoms with Crippen molar-refractivity contribution >= 4 is 11.0 Å². The molecule has 0 fully saturated rings. The molecule has 0 unspecified atom stereocenters. The monoisotopic (exact) mass is 189 g/mol. The second-order valence-electron chi connectivity index (χ2n) is 3.50. The number of nitrogens with two attached hydrogens (primary N) is 1. The predicted molar refractivity (Wildman–Crippen MR) is 58.1 cm³/mol. The lowest BCUT2D eigenvalue weighted by molar-refractivity contribution is 0.652. The Bertz CT molecular complexity index is 431. The molecule has 0 amide bonds. The lowest BCUT2D eigenvalue weighted by atomic mass is 10.3. The molecule has 0 saturated heterocycles. The molecule has 0 bridgehead atoms. The fourth-order valence-corrected chi connectivity index (χ4v) is 1.75. The van der Waals surface area contributed by atoms with Crippen molar-refractivity contribution in [3.05, 3.63) is 30.1 Å². The number of rotatable bonds is 3. The van der Waals surface area contributed by atoms with Gasteiger partial charge in [0.2, 0.25) is 0 Å². The first-order valence-corrected chi connectivity index (χ1v) is 4.94. The molecule has 3 nitrogen and oxygen atoms in total. The van der Waals surface area contributed by atoms with Gasteiger partial charge in [0.1, 0.15) is 5.65 Å². The van der Waals surface area contributed by atoms with Crippen molar-refractivity contribution in [2.24, 2.45) is 5.73 Å². The minimum Gasteiger partial charge on any atom is -0.330 e. The number of pyridine rings is 1. The van der Waals surface area contributed by atoms with Crippen LogP contribution in [0, 0.1) is 6.92 Å². The van der Waals surface area contributed by atoms with Gasteiger partial charge in [0.25, 0.3) is 0 Å². The summed E-state index contributed by atoms with van der Waals surface area (Å²) in [6.45, 7) is 3.80. The van der Waals surface area contributed by atoms with E-state index in [0.29, 0.717) is 0 Å². The van der Waals surface area contributed by atoms with Crippen molar-refractivity contribution < 1.29 is 0 Å². The van der Waals surface area contributed by atoms with Gasteiger partial charge in [-0.05, 0) is 38.1 Å².